The summed E-state index contributed by atoms with van der Waals surface area (Å²) in [5.41, 5.74) is 3.62. The lowest BCUT2D eigenvalue weighted by Gasteiger charge is -2.16. The summed E-state index contributed by atoms with van der Waals surface area (Å²) in [5.74, 6) is -0.269. The zero-order chi connectivity index (χ0) is 19.7. The van der Waals surface area contributed by atoms with E-state index >= 15 is 0 Å². The second kappa shape index (κ2) is 8.75. The Bertz CT molecular complexity index is 983. The zero-order valence-electron chi connectivity index (χ0n) is 16.3. The van der Waals surface area contributed by atoms with E-state index in [1.54, 1.807) is 21.5 Å². The standard InChI is InChI=1S/C20H23FN6O.ClH/c1-13-14(12-27(25-13)17-5-3-16(21)4-6-17)7-23-20(28)19-10-22-9-18(19)15-8-24-26(2)11-15;/h3-6,8,11-12,18-19,22H,7,9-10H2,1-2H3,(H,23,28);1H/t18-,19+;/m1./s1. The maximum absolute atomic E-state index is 13.1. The smallest absolute Gasteiger partial charge is 0.225 e. The van der Waals surface area contributed by atoms with Crippen LogP contribution in [0.3, 0.4) is 0 Å². The van der Waals surface area contributed by atoms with Crippen molar-refractivity contribution in [3.05, 3.63) is 65.5 Å². The number of aromatic nitrogens is 4. The number of carbonyl (C=O) groups is 1. The molecule has 2 atom stereocenters. The largest absolute Gasteiger partial charge is 0.352 e. The Kier molecular flexibility index (Phi) is 6.34. The first-order valence-corrected chi connectivity index (χ1v) is 9.29. The van der Waals surface area contributed by atoms with Gasteiger partial charge in [0.2, 0.25) is 5.91 Å². The maximum Gasteiger partial charge on any atom is 0.225 e. The molecule has 154 valence electrons. The van der Waals surface area contributed by atoms with Crippen molar-refractivity contribution in [3.63, 3.8) is 0 Å². The van der Waals surface area contributed by atoms with Crippen LogP contribution in [0, 0.1) is 18.7 Å². The highest BCUT2D eigenvalue weighted by Crippen LogP contribution is 2.28. The van der Waals surface area contributed by atoms with Crippen LogP contribution in [0.5, 0.6) is 0 Å². The van der Waals surface area contributed by atoms with Crippen LogP contribution >= 0.6 is 12.4 Å². The van der Waals surface area contributed by atoms with Gasteiger partial charge in [-0.3, -0.25) is 9.48 Å². The number of nitrogens with zero attached hydrogens (tertiary/aromatic N) is 4. The lowest BCUT2D eigenvalue weighted by Crippen LogP contribution is -2.34. The fraction of sp³-hybridized carbons (Fsp3) is 0.350. The van der Waals surface area contributed by atoms with Gasteiger partial charge in [0.15, 0.2) is 0 Å². The number of carbonyl (C=O) groups excluding carboxylic acids is 1. The summed E-state index contributed by atoms with van der Waals surface area (Å²) in [7, 11) is 1.88. The maximum atomic E-state index is 13.1. The molecule has 1 aliphatic rings. The van der Waals surface area contributed by atoms with Crippen LogP contribution in [-0.4, -0.2) is 38.6 Å². The molecule has 29 heavy (non-hydrogen) atoms. The molecule has 7 nitrogen and oxygen atoms in total. The van der Waals surface area contributed by atoms with E-state index in [0.717, 1.165) is 29.1 Å². The fourth-order valence-corrected chi connectivity index (χ4v) is 3.64. The summed E-state index contributed by atoms with van der Waals surface area (Å²) in [6, 6.07) is 6.15. The van der Waals surface area contributed by atoms with Crippen molar-refractivity contribution < 1.29 is 9.18 Å². The van der Waals surface area contributed by atoms with Crippen LogP contribution in [0.4, 0.5) is 4.39 Å². The molecule has 0 radical (unpaired) electrons. The summed E-state index contributed by atoms with van der Waals surface area (Å²) in [6.07, 6.45) is 5.66. The Morgan fingerprint density at radius 2 is 2.03 bits per heavy atom. The Hall–Kier alpha value is -2.71. The summed E-state index contributed by atoms with van der Waals surface area (Å²) in [5, 5.41) is 15.0. The number of halogens is 2. The molecular formula is C20H24ClFN6O. The summed E-state index contributed by atoms with van der Waals surface area (Å²) in [4.78, 5) is 12.8. The highest BCUT2D eigenvalue weighted by atomic mass is 35.5. The SMILES string of the molecule is Cc1nn(-c2ccc(F)cc2)cc1CNC(=O)[C@H]1CNC[C@@H]1c1cnn(C)c1.Cl. The first-order chi connectivity index (χ1) is 13.5. The minimum absolute atomic E-state index is 0. The van der Waals surface area contributed by atoms with E-state index in [1.807, 2.05) is 32.6 Å². The van der Waals surface area contributed by atoms with Gasteiger partial charge in [-0.15, -0.1) is 12.4 Å². The summed E-state index contributed by atoms with van der Waals surface area (Å²) in [6.45, 7) is 3.73. The van der Waals surface area contributed by atoms with E-state index in [2.05, 4.69) is 20.8 Å². The third-order valence-corrected chi connectivity index (χ3v) is 5.25. The number of nitrogens with one attached hydrogen (secondary N) is 2. The van der Waals surface area contributed by atoms with Gasteiger partial charge in [0.1, 0.15) is 5.82 Å². The second-order valence-electron chi connectivity index (χ2n) is 7.20. The molecule has 4 rings (SSSR count). The second-order valence-corrected chi connectivity index (χ2v) is 7.20. The molecule has 1 saturated heterocycles. The first-order valence-electron chi connectivity index (χ1n) is 9.29. The van der Waals surface area contributed by atoms with Gasteiger partial charge < -0.3 is 10.6 Å². The molecule has 1 fully saturated rings. The molecule has 0 saturated carbocycles. The number of hydrogen-bond donors (Lipinski definition) is 2. The van der Waals surface area contributed by atoms with Crippen LogP contribution < -0.4 is 10.6 Å². The Balaban J connectivity index is 0.00000240. The normalized spacial score (nSPS) is 18.4. The van der Waals surface area contributed by atoms with Gasteiger partial charge in [-0.1, -0.05) is 0 Å². The van der Waals surface area contributed by atoms with E-state index < -0.39 is 0 Å². The van der Waals surface area contributed by atoms with Crippen molar-refractivity contribution >= 4 is 18.3 Å². The first kappa shape index (κ1) is 21.0. The molecule has 3 heterocycles. The van der Waals surface area contributed by atoms with Crippen molar-refractivity contribution in [3.8, 4) is 5.69 Å². The van der Waals surface area contributed by atoms with Crippen molar-refractivity contribution in [2.75, 3.05) is 13.1 Å². The molecule has 3 aromatic rings. The van der Waals surface area contributed by atoms with E-state index in [-0.39, 0.29) is 36.0 Å². The molecule has 9 heteroatoms. The molecule has 2 N–H and O–H groups in total. The minimum Gasteiger partial charge on any atom is -0.352 e. The van der Waals surface area contributed by atoms with Crippen molar-refractivity contribution in [2.45, 2.75) is 19.4 Å². The van der Waals surface area contributed by atoms with Gasteiger partial charge in [-0.05, 0) is 36.8 Å². The quantitative estimate of drug-likeness (QED) is 0.665. The van der Waals surface area contributed by atoms with E-state index in [9.17, 15) is 9.18 Å². The van der Waals surface area contributed by atoms with Crippen LogP contribution in [-0.2, 0) is 18.4 Å². The molecule has 1 aromatic carbocycles. The minimum atomic E-state index is -0.284. The molecule has 2 aromatic heterocycles. The summed E-state index contributed by atoms with van der Waals surface area (Å²) < 4.78 is 16.6. The molecular weight excluding hydrogens is 395 g/mol. The van der Waals surface area contributed by atoms with Gasteiger partial charge in [-0.2, -0.15) is 10.2 Å². The van der Waals surface area contributed by atoms with Gasteiger partial charge in [0.25, 0.3) is 0 Å². The number of amides is 1. The number of aryl methyl sites for hydroxylation is 2. The van der Waals surface area contributed by atoms with E-state index in [1.165, 1.54) is 12.1 Å². The molecule has 0 unspecified atom stereocenters. The number of rotatable bonds is 5. The molecule has 1 amide bonds. The fourth-order valence-electron chi connectivity index (χ4n) is 3.64. The monoisotopic (exact) mass is 418 g/mol. The molecule has 1 aliphatic heterocycles. The number of hydrogen-bond acceptors (Lipinski definition) is 4. The Labute approximate surface area is 174 Å². The lowest BCUT2D eigenvalue weighted by molar-refractivity contribution is -0.125. The average Bonchev–Trinajstić information content (AvgIpc) is 3.40. The topological polar surface area (TPSA) is 76.8 Å². The van der Waals surface area contributed by atoms with Crippen LogP contribution in [0.2, 0.25) is 0 Å². The van der Waals surface area contributed by atoms with E-state index in [4.69, 9.17) is 0 Å². The van der Waals surface area contributed by atoms with Crippen molar-refractivity contribution in [1.29, 1.82) is 0 Å². The molecule has 0 bridgehead atoms. The van der Waals surface area contributed by atoms with Crippen LogP contribution in [0.25, 0.3) is 5.69 Å². The van der Waals surface area contributed by atoms with Crippen LogP contribution in [0.15, 0.2) is 42.9 Å². The Morgan fingerprint density at radius 3 is 2.72 bits per heavy atom. The van der Waals surface area contributed by atoms with Crippen LogP contribution in [0.1, 0.15) is 22.7 Å². The lowest BCUT2D eigenvalue weighted by atomic mass is 9.90. The average molecular weight is 419 g/mol. The zero-order valence-corrected chi connectivity index (χ0v) is 17.1. The predicted octanol–water partition coefficient (Wildman–Crippen LogP) is 2.09. The van der Waals surface area contributed by atoms with Crippen molar-refractivity contribution in [2.24, 2.45) is 13.0 Å². The Morgan fingerprint density at radius 1 is 1.28 bits per heavy atom. The predicted molar refractivity (Wildman–Crippen MR) is 110 cm³/mol. The van der Waals surface area contributed by atoms with Crippen molar-refractivity contribution in [1.82, 2.24) is 30.2 Å². The van der Waals surface area contributed by atoms with E-state index in [0.29, 0.717) is 13.1 Å². The highest BCUT2D eigenvalue weighted by Gasteiger charge is 2.34. The molecule has 0 spiro atoms. The van der Waals surface area contributed by atoms with Gasteiger partial charge in [0, 0.05) is 50.6 Å². The number of benzene rings is 1. The van der Waals surface area contributed by atoms with Gasteiger partial charge in [-0.25, -0.2) is 9.07 Å². The third kappa shape index (κ3) is 4.49. The third-order valence-electron chi connectivity index (χ3n) is 5.25. The highest BCUT2D eigenvalue weighted by molar-refractivity contribution is 5.85. The van der Waals surface area contributed by atoms with Gasteiger partial charge in [0.05, 0.1) is 23.5 Å². The summed E-state index contributed by atoms with van der Waals surface area (Å²) >= 11 is 0. The van der Waals surface area contributed by atoms with Gasteiger partial charge >= 0.3 is 0 Å². The molecule has 0 aliphatic carbocycles.